The standard InChI is InChI=1S/C45H25N5/c46-26-29-16-23-43-39(24-29)45-32(27-47)8-7-15-44(45)50(43)40-12-4-1-9-36(40)31-19-22-35(33(25-31)28-48)30-17-20-34(21-18-30)49-41-13-5-2-10-37(41)38-11-3-6-14-42(38)49/h1-25H. The molecule has 0 fully saturated rings. The number of benzene rings is 7. The highest BCUT2D eigenvalue weighted by Crippen LogP contribution is 2.39. The molecular formula is C45H25N5. The molecule has 2 heterocycles. The number of hydrogen-bond donors (Lipinski definition) is 0. The average Bonchev–Trinajstić information content (AvgIpc) is 3.70. The summed E-state index contributed by atoms with van der Waals surface area (Å²) in [5.41, 5.74) is 11.4. The van der Waals surface area contributed by atoms with Crippen LogP contribution in [0.1, 0.15) is 16.7 Å². The quantitative estimate of drug-likeness (QED) is 0.193. The maximum Gasteiger partial charge on any atom is 0.0998 e. The molecule has 2 aromatic heterocycles. The van der Waals surface area contributed by atoms with Crippen LogP contribution in [0.3, 0.4) is 0 Å². The molecular weight excluding hydrogens is 611 g/mol. The molecule has 7 aromatic carbocycles. The van der Waals surface area contributed by atoms with Crippen molar-refractivity contribution in [2.24, 2.45) is 0 Å². The van der Waals surface area contributed by atoms with E-state index >= 15 is 0 Å². The molecule has 0 unspecified atom stereocenters. The van der Waals surface area contributed by atoms with Gasteiger partial charge < -0.3 is 9.13 Å². The molecule has 0 N–H and O–H groups in total. The van der Waals surface area contributed by atoms with Crippen LogP contribution >= 0.6 is 0 Å². The lowest BCUT2D eigenvalue weighted by Gasteiger charge is -2.15. The number of aromatic nitrogens is 2. The van der Waals surface area contributed by atoms with Gasteiger partial charge in [0.15, 0.2) is 0 Å². The lowest BCUT2D eigenvalue weighted by molar-refractivity contribution is 1.18. The Morgan fingerprint density at radius 3 is 1.76 bits per heavy atom. The molecule has 5 nitrogen and oxygen atoms in total. The molecule has 0 radical (unpaired) electrons. The minimum absolute atomic E-state index is 0.537. The first-order valence-corrected chi connectivity index (χ1v) is 16.3. The first kappa shape index (κ1) is 28.8. The summed E-state index contributed by atoms with van der Waals surface area (Å²) in [5.74, 6) is 0. The van der Waals surface area contributed by atoms with Gasteiger partial charge in [0.05, 0.1) is 62.7 Å². The van der Waals surface area contributed by atoms with Crippen molar-refractivity contribution in [2.75, 3.05) is 0 Å². The number of nitriles is 3. The van der Waals surface area contributed by atoms with Crippen molar-refractivity contribution in [3.05, 3.63) is 168 Å². The Bertz CT molecular complexity index is 2900. The molecule has 0 saturated heterocycles. The molecule has 0 aliphatic rings. The Hall–Kier alpha value is -7.39. The molecule has 9 aromatic rings. The number of hydrogen-bond acceptors (Lipinski definition) is 3. The highest BCUT2D eigenvalue weighted by atomic mass is 15.0. The summed E-state index contributed by atoms with van der Waals surface area (Å²) < 4.78 is 4.43. The molecule has 9 rings (SSSR count). The van der Waals surface area contributed by atoms with Crippen LogP contribution in [0.25, 0.3) is 77.2 Å². The van der Waals surface area contributed by atoms with Crippen LogP contribution in [0, 0.1) is 34.0 Å². The first-order valence-electron chi connectivity index (χ1n) is 16.3. The van der Waals surface area contributed by atoms with Crippen molar-refractivity contribution in [2.45, 2.75) is 0 Å². The van der Waals surface area contributed by atoms with Crippen molar-refractivity contribution in [3.63, 3.8) is 0 Å². The van der Waals surface area contributed by atoms with E-state index in [1.807, 2.05) is 60.7 Å². The van der Waals surface area contributed by atoms with E-state index < -0.39 is 0 Å². The zero-order valence-electron chi connectivity index (χ0n) is 26.7. The van der Waals surface area contributed by atoms with Gasteiger partial charge in [0.1, 0.15) is 0 Å². The minimum Gasteiger partial charge on any atom is -0.309 e. The van der Waals surface area contributed by atoms with Gasteiger partial charge in [0.25, 0.3) is 0 Å². The summed E-state index contributed by atoms with van der Waals surface area (Å²) in [5, 5.41) is 34.2. The van der Waals surface area contributed by atoms with E-state index in [0.717, 1.165) is 66.5 Å². The maximum atomic E-state index is 10.4. The van der Waals surface area contributed by atoms with Crippen LogP contribution in [0.2, 0.25) is 0 Å². The zero-order chi connectivity index (χ0) is 33.8. The fraction of sp³-hybridized carbons (Fsp3) is 0. The fourth-order valence-corrected chi connectivity index (χ4v) is 7.45. The molecule has 230 valence electrons. The summed E-state index contributed by atoms with van der Waals surface area (Å²) >= 11 is 0. The van der Waals surface area contributed by atoms with Crippen LogP contribution in [0.4, 0.5) is 0 Å². The molecule has 0 aliphatic heterocycles. The Balaban J connectivity index is 1.16. The molecule has 0 bridgehead atoms. The van der Waals surface area contributed by atoms with Crippen LogP contribution in [0.15, 0.2) is 152 Å². The van der Waals surface area contributed by atoms with Gasteiger partial charge in [-0.2, -0.15) is 15.8 Å². The van der Waals surface area contributed by atoms with Crippen molar-refractivity contribution in [3.8, 4) is 51.8 Å². The number of fused-ring (bicyclic) bond motifs is 6. The average molecular weight is 636 g/mol. The summed E-state index contributed by atoms with van der Waals surface area (Å²) in [4.78, 5) is 0. The van der Waals surface area contributed by atoms with E-state index in [4.69, 9.17) is 0 Å². The van der Waals surface area contributed by atoms with Gasteiger partial charge in [-0.3, -0.25) is 0 Å². The second-order valence-electron chi connectivity index (χ2n) is 12.3. The predicted octanol–water partition coefficient (Wildman–Crippen LogP) is 10.8. The van der Waals surface area contributed by atoms with E-state index in [1.165, 1.54) is 10.8 Å². The Labute approximate surface area is 287 Å². The third-order valence-corrected chi connectivity index (χ3v) is 9.65. The highest BCUT2D eigenvalue weighted by Gasteiger charge is 2.19. The van der Waals surface area contributed by atoms with E-state index in [-0.39, 0.29) is 0 Å². The smallest absolute Gasteiger partial charge is 0.0998 e. The van der Waals surface area contributed by atoms with Crippen LogP contribution in [-0.2, 0) is 0 Å². The van der Waals surface area contributed by atoms with Crippen molar-refractivity contribution in [1.29, 1.82) is 15.8 Å². The van der Waals surface area contributed by atoms with Crippen molar-refractivity contribution >= 4 is 43.6 Å². The summed E-state index contributed by atoms with van der Waals surface area (Å²) in [6, 6.07) is 57.8. The Kier molecular flexibility index (Phi) is 6.56. The van der Waals surface area contributed by atoms with Crippen molar-refractivity contribution < 1.29 is 0 Å². The zero-order valence-corrected chi connectivity index (χ0v) is 26.7. The number of rotatable bonds is 4. The molecule has 0 aliphatic carbocycles. The summed E-state index contributed by atoms with van der Waals surface area (Å²) in [6.45, 7) is 0. The third-order valence-electron chi connectivity index (χ3n) is 9.65. The minimum atomic E-state index is 0.537. The largest absolute Gasteiger partial charge is 0.309 e. The third kappa shape index (κ3) is 4.31. The molecule has 50 heavy (non-hydrogen) atoms. The molecule has 0 spiro atoms. The van der Waals surface area contributed by atoms with Gasteiger partial charge in [-0.05, 0) is 83.4 Å². The normalized spacial score (nSPS) is 11.1. The maximum absolute atomic E-state index is 10.4. The second kappa shape index (κ2) is 11.4. The first-order chi connectivity index (χ1) is 24.7. The van der Waals surface area contributed by atoms with Gasteiger partial charge in [-0.15, -0.1) is 0 Å². The van der Waals surface area contributed by atoms with E-state index in [2.05, 4.69) is 118 Å². The van der Waals surface area contributed by atoms with Gasteiger partial charge in [-0.1, -0.05) is 84.9 Å². The van der Waals surface area contributed by atoms with Crippen LogP contribution in [-0.4, -0.2) is 9.13 Å². The monoisotopic (exact) mass is 635 g/mol. The second-order valence-corrected chi connectivity index (χ2v) is 12.3. The van der Waals surface area contributed by atoms with Crippen LogP contribution < -0.4 is 0 Å². The van der Waals surface area contributed by atoms with Crippen molar-refractivity contribution in [1.82, 2.24) is 9.13 Å². The molecule has 5 heteroatoms. The van der Waals surface area contributed by atoms with Crippen LogP contribution in [0.5, 0.6) is 0 Å². The molecule has 0 amide bonds. The Morgan fingerprint density at radius 2 is 1.04 bits per heavy atom. The summed E-state index contributed by atoms with van der Waals surface area (Å²) in [7, 11) is 0. The predicted molar refractivity (Wildman–Crippen MR) is 200 cm³/mol. The van der Waals surface area contributed by atoms with Gasteiger partial charge in [0, 0.05) is 32.8 Å². The van der Waals surface area contributed by atoms with Gasteiger partial charge in [-0.25, -0.2) is 0 Å². The van der Waals surface area contributed by atoms with E-state index in [1.54, 1.807) is 0 Å². The Morgan fingerprint density at radius 1 is 0.400 bits per heavy atom. The van der Waals surface area contributed by atoms with E-state index in [0.29, 0.717) is 16.7 Å². The lowest BCUT2D eigenvalue weighted by Crippen LogP contribution is -1.98. The lowest BCUT2D eigenvalue weighted by atomic mass is 9.94. The number of nitrogens with zero attached hydrogens (tertiary/aromatic N) is 5. The van der Waals surface area contributed by atoms with Gasteiger partial charge in [0.2, 0.25) is 0 Å². The topological polar surface area (TPSA) is 81.2 Å². The fourth-order valence-electron chi connectivity index (χ4n) is 7.45. The molecule has 0 saturated carbocycles. The molecule has 0 atom stereocenters. The van der Waals surface area contributed by atoms with E-state index in [9.17, 15) is 15.8 Å². The van der Waals surface area contributed by atoms with Gasteiger partial charge >= 0.3 is 0 Å². The number of para-hydroxylation sites is 3. The SMILES string of the molecule is N#Cc1ccc2c(c1)c1c(C#N)cccc1n2-c1ccccc1-c1ccc(-c2ccc(-n3c4ccccc4c4ccccc43)cc2)c(C#N)c1. The summed E-state index contributed by atoms with van der Waals surface area (Å²) in [6.07, 6.45) is 0. The highest BCUT2D eigenvalue weighted by molar-refractivity contribution is 6.13.